The summed E-state index contributed by atoms with van der Waals surface area (Å²) in [7, 11) is 0. The number of aryl methyl sites for hydroxylation is 1. The third-order valence-corrected chi connectivity index (χ3v) is 1.84. The average molecular weight is 166 g/mol. The zero-order chi connectivity index (χ0) is 8.81. The van der Waals surface area contributed by atoms with E-state index in [-0.39, 0.29) is 0 Å². The summed E-state index contributed by atoms with van der Waals surface area (Å²) >= 11 is 0. The van der Waals surface area contributed by atoms with E-state index < -0.39 is 0 Å². The molecular formula is C10H14O2. The van der Waals surface area contributed by atoms with Crippen LogP contribution in [0.3, 0.4) is 0 Å². The number of carbonyl (C=O) groups is 1. The third kappa shape index (κ3) is 2.53. The number of aldehydes is 1. The van der Waals surface area contributed by atoms with E-state index in [9.17, 15) is 4.79 Å². The SMILES string of the molecule is CCCCCc1cc(C=O)co1. The van der Waals surface area contributed by atoms with Crippen molar-refractivity contribution in [3.63, 3.8) is 0 Å². The van der Waals surface area contributed by atoms with Crippen LogP contribution in [0, 0.1) is 0 Å². The van der Waals surface area contributed by atoms with Gasteiger partial charge in [0, 0.05) is 6.42 Å². The summed E-state index contributed by atoms with van der Waals surface area (Å²) in [6.45, 7) is 2.17. The van der Waals surface area contributed by atoms with Crippen molar-refractivity contribution >= 4 is 6.29 Å². The van der Waals surface area contributed by atoms with Crippen LogP contribution in [-0.2, 0) is 6.42 Å². The number of carbonyl (C=O) groups excluding carboxylic acids is 1. The maximum Gasteiger partial charge on any atom is 0.153 e. The molecule has 66 valence electrons. The van der Waals surface area contributed by atoms with Crippen LogP contribution in [0.2, 0.25) is 0 Å². The van der Waals surface area contributed by atoms with Crippen molar-refractivity contribution in [2.24, 2.45) is 0 Å². The first-order valence-electron chi connectivity index (χ1n) is 4.39. The molecule has 2 heteroatoms. The summed E-state index contributed by atoms with van der Waals surface area (Å²) in [5.41, 5.74) is 0.640. The highest BCUT2D eigenvalue weighted by Gasteiger charge is 1.99. The van der Waals surface area contributed by atoms with Gasteiger partial charge in [0.05, 0.1) is 5.56 Å². The molecule has 0 aromatic carbocycles. The van der Waals surface area contributed by atoms with Crippen molar-refractivity contribution in [3.8, 4) is 0 Å². The highest BCUT2D eigenvalue weighted by molar-refractivity contribution is 5.74. The second-order valence-corrected chi connectivity index (χ2v) is 2.92. The normalized spacial score (nSPS) is 10.1. The second-order valence-electron chi connectivity index (χ2n) is 2.92. The number of rotatable bonds is 5. The highest BCUT2D eigenvalue weighted by Crippen LogP contribution is 2.09. The number of hydrogen-bond donors (Lipinski definition) is 0. The zero-order valence-corrected chi connectivity index (χ0v) is 7.38. The maximum atomic E-state index is 10.3. The van der Waals surface area contributed by atoms with Crippen molar-refractivity contribution < 1.29 is 9.21 Å². The van der Waals surface area contributed by atoms with Gasteiger partial charge in [0.1, 0.15) is 12.0 Å². The van der Waals surface area contributed by atoms with Crippen LogP contribution in [0.4, 0.5) is 0 Å². The van der Waals surface area contributed by atoms with Crippen LogP contribution in [0.1, 0.15) is 42.3 Å². The van der Waals surface area contributed by atoms with E-state index in [1.54, 1.807) is 0 Å². The second kappa shape index (κ2) is 4.75. The Morgan fingerprint density at radius 3 is 2.92 bits per heavy atom. The quantitative estimate of drug-likeness (QED) is 0.497. The standard InChI is InChI=1S/C10H14O2/c1-2-3-4-5-10-6-9(7-11)8-12-10/h6-8H,2-5H2,1H3. The fourth-order valence-electron chi connectivity index (χ4n) is 1.14. The molecule has 12 heavy (non-hydrogen) atoms. The first-order chi connectivity index (χ1) is 5.86. The molecule has 0 saturated carbocycles. The minimum atomic E-state index is 0.640. The molecule has 0 radical (unpaired) electrons. The topological polar surface area (TPSA) is 30.2 Å². The van der Waals surface area contributed by atoms with Gasteiger partial charge in [-0.05, 0) is 12.5 Å². The van der Waals surface area contributed by atoms with Crippen LogP contribution < -0.4 is 0 Å². The lowest BCUT2D eigenvalue weighted by Gasteiger charge is -1.93. The molecule has 0 saturated heterocycles. The summed E-state index contributed by atoms with van der Waals surface area (Å²) in [5.74, 6) is 0.922. The molecule has 1 aromatic heterocycles. The zero-order valence-electron chi connectivity index (χ0n) is 7.38. The van der Waals surface area contributed by atoms with Gasteiger partial charge in [-0.3, -0.25) is 4.79 Å². The Labute approximate surface area is 72.6 Å². The first kappa shape index (κ1) is 9.04. The third-order valence-electron chi connectivity index (χ3n) is 1.84. The Morgan fingerprint density at radius 1 is 1.50 bits per heavy atom. The Bertz CT molecular complexity index is 238. The van der Waals surface area contributed by atoms with Gasteiger partial charge in [-0.1, -0.05) is 19.8 Å². The molecule has 0 aliphatic heterocycles. The molecule has 0 N–H and O–H groups in total. The van der Waals surface area contributed by atoms with Crippen LogP contribution in [-0.4, -0.2) is 6.29 Å². The Kier molecular flexibility index (Phi) is 3.58. The fourth-order valence-corrected chi connectivity index (χ4v) is 1.14. The molecule has 0 unspecified atom stereocenters. The van der Waals surface area contributed by atoms with Gasteiger partial charge in [-0.25, -0.2) is 0 Å². The molecule has 1 rings (SSSR count). The van der Waals surface area contributed by atoms with E-state index in [4.69, 9.17) is 4.42 Å². The van der Waals surface area contributed by atoms with Crippen molar-refractivity contribution in [1.29, 1.82) is 0 Å². The first-order valence-corrected chi connectivity index (χ1v) is 4.39. The lowest BCUT2D eigenvalue weighted by molar-refractivity contribution is 0.112. The molecule has 0 bridgehead atoms. The lowest BCUT2D eigenvalue weighted by Crippen LogP contribution is -1.81. The van der Waals surface area contributed by atoms with Crippen molar-refractivity contribution in [2.45, 2.75) is 32.6 Å². The largest absolute Gasteiger partial charge is 0.469 e. The Balaban J connectivity index is 2.36. The number of hydrogen-bond acceptors (Lipinski definition) is 2. The van der Waals surface area contributed by atoms with Crippen LogP contribution in [0.25, 0.3) is 0 Å². The lowest BCUT2D eigenvalue weighted by atomic mass is 10.1. The average Bonchev–Trinajstić information content (AvgIpc) is 2.53. The molecular weight excluding hydrogens is 152 g/mol. The predicted octanol–water partition coefficient (Wildman–Crippen LogP) is 2.82. The Hall–Kier alpha value is -1.05. The van der Waals surface area contributed by atoms with Gasteiger partial charge in [0.25, 0.3) is 0 Å². The van der Waals surface area contributed by atoms with Gasteiger partial charge in [0.15, 0.2) is 6.29 Å². The molecule has 1 heterocycles. The van der Waals surface area contributed by atoms with Crippen LogP contribution in [0.15, 0.2) is 16.7 Å². The summed E-state index contributed by atoms with van der Waals surface area (Å²) < 4.78 is 5.17. The van der Waals surface area contributed by atoms with Crippen molar-refractivity contribution in [1.82, 2.24) is 0 Å². The van der Waals surface area contributed by atoms with Gasteiger partial charge in [0.2, 0.25) is 0 Å². The minimum Gasteiger partial charge on any atom is -0.469 e. The van der Waals surface area contributed by atoms with Gasteiger partial charge < -0.3 is 4.42 Å². The Morgan fingerprint density at radius 2 is 2.33 bits per heavy atom. The predicted molar refractivity (Wildman–Crippen MR) is 47.3 cm³/mol. The molecule has 0 atom stereocenters. The monoisotopic (exact) mass is 166 g/mol. The molecule has 0 spiro atoms. The number of unbranched alkanes of at least 4 members (excludes halogenated alkanes) is 2. The van der Waals surface area contributed by atoms with E-state index >= 15 is 0 Å². The molecule has 0 fully saturated rings. The van der Waals surface area contributed by atoms with Gasteiger partial charge in [-0.15, -0.1) is 0 Å². The summed E-state index contributed by atoms with van der Waals surface area (Å²) in [6.07, 6.45) is 6.84. The summed E-state index contributed by atoms with van der Waals surface area (Å²) in [6, 6.07) is 1.81. The molecule has 0 aliphatic carbocycles. The molecule has 0 aliphatic rings. The van der Waals surface area contributed by atoms with Crippen LogP contribution in [0.5, 0.6) is 0 Å². The van der Waals surface area contributed by atoms with Crippen LogP contribution >= 0.6 is 0 Å². The van der Waals surface area contributed by atoms with E-state index in [1.165, 1.54) is 19.1 Å². The van der Waals surface area contributed by atoms with E-state index in [2.05, 4.69) is 6.92 Å². The fraction of sp³-hybridized carbons (Fsp3) is 0.500. The van der Waals surface area contributed by atoms with Crippen molar-refractivity contribution in [2.75, 3.05) is 0 Å². The van der Waals surface area contributed by atoms with Gasteiger partial charge >= 0.3 is 0 Å². The van der Waals surface area contributed by atoms with Crippen molar-refractivity contribution in [3.05, 3.63) is 23.7 Å². The maximum absolute atomic E-state index is 10.3. The summed E-state index contributed by atoms with van der Waals surface area (Å²) in [5, 5.41) is 0. The van der Waals surface area contributed by atoms with E-state index in [0.29, 0.717) is 5.56 Å². The molecule has 2 nitrogen and oxygen atoms in total. The molecule has 0 amide bonds. The highest BCUT2D eigenvalue weighted by atomic mass is 16.3. The molecule has 1 aromatic rings. The smallest absolute Gasteiger partial charge is 0.153 e. The van der Waals surface area contributed by atoms with E-state index in [0.717, 1.165) is 24.9 Å². The minimum absolute atomic E-state index is 0.640. The van der Waals surface area contributed by atoms with E-state index in [1.807, 2.05) is 6.07 Å². The number of furan rings is 1. The van der Waals surface area contributed by atoms with Gasteiger partial charge in [-0.2, -0.15) is 0 Å². The summed E-state index contributed by atoms with van der Waals surface area (Å²) in [4.78, 5) is 10.3.